The molecule has 0 N–H and O–H groups in total. The molecule has 2 aromatic heterocycles. The Bertz CT molecular complexity index is 1090. The number of fused-ring (bicyclic) bond motifs is 2. The second kappa shape index (κ2) is 9.59. The van der Waals surface area contributed by atoms with Crippen molar-refractivity contribution in [3.63, 3.8) is 0 Å². The van der Waals surface area contributed by atoms with E-state index in [1.54, 1.807) is 13.2 Å². The minimum Gasteiger partial charge on any atom is -0.481 e. The van der Waals surface area contributed by atoms with Crippen molar-refractivity contribution in [1.29, 1.82) is 0 Å². The standard InChI is InChI=1S/C25H30ClN5O2/c1-3-11-31-25(33-21-6-4-5-19(26)12-21)28-23(29-31)14-22-17-7-8-18(22)16-30(15-17)20-9-10-27-24(13-20)32-2/h4-6,9-10,12-13,17-18,22H,3,7-8,11,14-16H2,1-2H3. The summed E-state index contributed by atoms with van der Waals surface area (Å²) >= 11 is 6.12. The molecule has 0 amide bonds. The van der Waals surface area contributed by atoms with Crippen LogP contribution in [-0.2, 0) is 13.0 Å². The molecule has 8 heteroatoms. The fourth-order valence-corrected chi connectivity index (χ4v) is 5.51. The highest BCUT2D eigenvalue weighted by Gasteiger charge is 2.42. The van der Waals surface area contributed by atoms with Gasteiger partial charge in [-0.25, -0.2) is 9.67 Å². The van der Waals surface area contributed by atoms with Gasteiger partial charge in [-0.05, 0) is 61.3 Å². The van der Waals surface area contributed by atoms with Crippen molar-refractivity contribution in [2.45, 2.75) is 39.2 Å². The maximum absolute atomic E-state index is 6.12. The van der Waals surface area contributed by atoms with Gasteiger partial charge in [-0.3, -0.25) is 0 Å². The molecule has 3 heterocycles. The van der Waals surface area contributed by atoms with E-state index in [1.165, 1.54) is 18.5 Å². The van der Waals surface area contributed by atoms with Gasteiger partial charge in [-0.15, -0.1) is 0 Å². The van der Waals surface area contributed by atoms with Crippen LogP contribution in [0.2, 0.25) is 5.02 Å². The van der Waals surface area contributed by atoms with Crippen molar-refractivity contribution >= 4 is 17.3 Å². The zero-order valence-corrected chi connectivity index (χ0v) is 19.9. The number of pyridine rings is 1. The second-order valence-electron chi connectivity index (χ2n) is 9.02. The van der Waals surface area contributed by atoms with Crippen LogP contribution in [-0.4, -0.2) is 39.9 Å². The maximum atomic E-state index is 6.12. The van der Waals surface area contributed by atoms with Crippen LogP contribution in [0.1, 0.15) is 32.0 Å². The van der Waals surface area contributed by atoms with E-state index in [2.05, 4.69) is 22.9 Å². The average Bonchev–Trinajstić information content (AvgIpc) is 3.28. The van der Waals surface area contributed by atoms with Crippen LogP contribution < -0.4 is 14.4 Å². The van der Waals surface area contributed by atoms with Crippen LogP contribution in [0.4, 0.5) is 5.69 Å². The Balaban J connectivity index is 1.30. The molecule has 2 bridgehead atoms. The Kier molecular flexibility index (Phi) is 6.40. The van der Waals surface area contributed by atoms with Crippen LogP contribution in [0.25, 0.3) is 0 Å². The summed E-state index contributed by atoms with van der Waals surface area (Å²) in [5, 5.41) is 5.46. The van der Waals surface area contributed by atoms with E-state index in [0.29, 0.717) is 40.4 Å². The molecule has 1 aliphatic heterocycles. The van der Waals surface area contributed by atoms with Crippen LogP contribution in [0.3, 0.4) is 0 Å². The van der Waals surface area contributed by atoms with Crippen LogP contribution in [0.15, 0.2) is 42.6 Å². The Labute approximate surface area is 199 Å². The number of anilines is 1. The van der Waals surface area contributed by atoms with Gasteiger partial charge in [0.15, 0.2) is 5.82 Å². The summed E-state index contributed by atoms with van der Waals surface area (Å²) in [6, 6.07) is 12.1. The van der Waals surface area contributed by atoms with Gasteiger partial charge in [0.25, 0.3) is 0 Å². The van der Waals surface area contributed by atoms with Gasteiger partial charge in [0.1, 0.15) is 5.75 Å². The summed E-state index contributed by atoms with van der Waals surface area (Å²) in [5.41, 5.74) is 1.19. The van der Waals surface area contributed by atoms with Crippen LogP contribution >= 0.6 is 11.6 Å². The fraction of sp³-hybridized carbons (Fsp3) is 0.480. The summed E-state index contributed by atoms with van der Waals surface area (Å²) in [6.07, 6.45) is 6.21. The zero-order valence-electron chi connectivity index (χ0n) is 19.2. The molecule has 33 heavy (non-hydrogen) atoms. The van der Waals surface area contributed by atoms with Crippen LogP contribution in [0.5, 0.6) is 17.6 Å². The largest absolute Gasteiger partial charge is 0.481 e. The van der Waals surface area contributed by atoms with Gasteiger partial charge in [0.2, 0.25) is 5.88 Å². The van der Waals surface area contributed by atoms with Gasteiger partial charge < -0.3 is 14.4 Å². The first-order valence-corrected chi connectivity index (χ1v) is 12.1. The molecule has 1 saturated heterocycles. The molecule has 1 saturated carbocycles. The molecule has 0 radical (unpaired) electrons. The van der Waals surface area contributed by atoms with Gasteiger partial charge in [0.05, 0.1) is 7.11 Å². The number of hydrogen-bond acceptors (Lipinski definition) is 6. The molecule has 0 spiro atoms. The van der Waals surface area contributed by atoms with Crippen molar-refractivity contribution in [2.75, 3.05) is 25.1 Å². The molecular formula is C25H30ClN5O2. The normalized spacial score (nSPS) is 21.9. The number of methoxy groups -OCH3 is 1. The minimum absolute atomic E-state index is 0.544. The number of rotatable bonds is 8. The topological polar surface area (TPSA) is 65.3 Å². The molecule has 174 valence electrons. The van der Waals surface area contributed by atoms with Crippen molar-refractivity contribution in [3.05, 3.63) is 53.4 Å². The molecule has 3 aromatic rings. The summed E-state index contributed by atoms with van der Waals surface area (Å²) < 4.78 is 13.3. The third-order valence-corrected chi connectivity index (χ3v) is 7.10. The summed E-state index contributed by atoms with van der Waals surface area (Å²) in [5.74, 6) is 4.10. The molecule has 5 rings (SSSR count). The van der Waals surface area contributed by atoms with E-state index in [0.717, 1.165) is 38.3 Å². The Morgan fingerprint density at radius 2 is 1.94 bits per heavy atom. The first kappa shape index (κ1) is 22.0. The number of benzene rings is 1. The number of hydrogen-bond donors (Lipinski definition) is 0. The smallest absolute Gasteiger partial charge is 0.320 e. The molecule has 1 aromatic carbocycles. The van der Waals surface area contributed by atoms with Gasteiger partial charge in [0, 0.05) is 49.0 Å². The van der Waals surface area contributed by atoms with Crippen LogP contribution in [0, 0.1) is 17.8 Å². The number of aromatic nitrogens is 4. The predicted molar refractivity (Wildman–Crippen MR) is 128 cm³/mol. The molecule has 1 aliphatic carbocycles. The van der Waals surface area contributed by atoms with Gasteiger partial charge in [-0.2, -0.15) is 10.1 Å². The molecular weight excluding hydrogens is 438 g/mol. The average molecular weight is 468 g/mol. The van der Waals surface area contributed by atoms with Crippen molar-refractivity contribution in [1.82, 2.24) is 19.7 Å². The quantitative estimate of drug-likeness (QED) is 0.451. The highest BCUT2D eigenvalue weighted by molar-refractivity contribution is 6.30. The zero-order chi connectivity index (χ0) is 22.8. The lowest BCUT2D eigenvalue weighted by molar-refractivity contribution is 0.265. The number of aryl methyl sites for hydroxylation is 1. The number of ether oxygens (including phenoxy) is 2. The lowest BCUT2D eigenvalue weighted by atomic mass is 9.82. The van der Waals surface area contributed by atoms with Gasteiger partial charge >= 0.3 is 6.01 Å². The monoisotopic (exact) mass is 467 g/mol. The first-order chi connectivity index (χ1) is 16.1. The summed E-state index contributed by atoms with van der Waals surface area (Å²) in [6.45, 7) is 5.01. The lowest BCUT2D eigenvalue weighted by Gasteiger charge is -2.39. The molecule has 7 nitrogen and oxygen atoms in total. The van der Waals surface area contributed by atoms with E-state index >= 15 is 0 Å². The number of piperidine rings is 1. The molecule has 2 atom stereocenters. The van der Waals surface area contributed by atoms with Crippen molar-refractivity contribution in [3.8, 4) is 17.6 Å². The Morgan fingerprint density at radius 3 is 2.67 bits per heavy atom. The predicted octanol–water partition coefficient (Wildman–Crippen LogP) is 5.24. The van der Waals surface area contributed by atoms with E-state index in [9.17, 15) is 0 Å². The van der Waals surface area contributed by atoms with E-state index in [1.807, 2.05) is 35.1 Å². The molecule has 2 aliphatic rings. The Morgan fingerprint density at radius 1 is 1.12 bits per heavy atom. The fourth-order valence-electron chi connectivity index (χ4n) is 5.33. The van der Waals surface area contributed by atoms with E-state index in [-0.39, 0.29) is 0 Å². The van der Waals surface area contributed by atoms with Gasteiger partial charge in [-0.1, -0.05) is 24.6 Å². The summed E-state index contributed by atoms with van der Waals surface area (Å²) in [7, 11) is 1.66. The number of halogens is 1. The SMILES string of the molecule is CCCn1nc(CC2C3CCC2CN(c2ccnc(OC)c2)C3)nc1Oc1cccc(Cl)c1. The summed E-state index contributed by atoms with van der Waals surface area (Å²) in [4.78, 5) is 11.5. The van der Waals surface area contributed by atoms with Crippen molar-refractivity contribution in [2.24, 2.45) is 17.8 Å². The maximum Gasteiger partial charge on any atom is 0.320 e. The second-order valence-corrected chi connectivity index (χ2v) is 9.46. The van der Waals surface area contributed by atoms with Crippen molar-refractivity contribution < 1.29 is 9.47 Å². The lowest BCUT2D eigenvalue weighted by Crippen LogP contribution is -2.42. The highest BCUT2D eigenvalue weighted by Crippen LogP contribution is 2.44. The Hall–Kier alpha value is -2.80. The third kappa shape index (κ3) is 4.78. The minimum atomic E-state index is 0.544. The number of nitrogens with zero attached hydrogens (tertiary/aromatic N) is 5. The van der Waals surface area contributed by atoms with E-state index < -0.39 is 0 Å². The molecule has 2 fully saturated rings. The first-order valence-electron chi connectivity index (χ1n) is 11.7. The third-order valence-electron chi connectivity index (χ3n) is 6.86. The molecule has 2 unspecified atom stereocenters. The van der Waals surface area contributed by atoms with E-state index in [4.69, 9.17) is 31.2 Å². The highest BCUT2D eigenvalue weighted by atomic mass is 35.5.